The third-order valence-corrected chi connectivity index (χ3v) is 3.71. The van der Waals surface area contributed by atoms with Gasteiger partial charge in [0.05, 0.1) is 32.8 Å². The number of para-hydroxylation sites is 1. The highest BCUT2D eigenvalue weighted by Gasteiger charge is 2.26. The molecule has 22 heavy (non-hydrogen) atoms. The van der Waals surface area contributed by atoms with Crippen LogP contribution in [0.5, 0.6) is 5.75 Å². The molecule has 0 aliphatic carbocycles. The minimum absolute atomic E-state index is 0.241. The summed E-state index contributed by atoms with van der Waals surface area (Å²) in [6.45, 7) is 6.10. The van der Waals surface area contributed by atoms with Gasteiger partial charge in [0.15, 0.2) is 0 Å². The lowest BCUT2D eigenvalue weighted by Crippen LogP contribution is -3.16. The van der Waals surface area contributed by atoms with Crippen molar-refractivity contribution in [2.75, 3.05) is 45.9 Å². The summed E-state index contributed by atoms with van der Waals surface area (Å²) in [5.74, 6) is 0.767. The van der Waals surface area contributed by atoms with Crippen LogP contribution in [-0.4, -0.2) is 68.1 Å². The summed E-state index contributed by atoms with van der Waals surface area (Å²) in [6.07, 6.45) is -0.751. The first-order valence-electron chi connectivity index (χ1n) is 7.80. The number of nitrogens with zero attached hydrogens (tertiary/aromatic N) is 1. The standard InChI is InChI=1S/C16H24N2O4/c1-2-21-16(20)18-10-8-17(9-11-18)12-14(19)13-22-15-6-4-3-5-7-15/h3-7,14,19H,2,8-13H2,1H3/p+1/t14-/m0/s1. The molecular weight excluding hydrogens is 284 g/mol. The smallest absolute Gasteiger partial charge is 0.410 e. The molecule has 1 fully saturated rings. The van der Waals surface area contributed by atoms with Gasteiger partial charge in [-0.2, -0.15) is 0 Å². The number of carbonyl (C=O) groups excluding carboxylic acids is 1. The fourth-order valence-corrected chi connectivity index (χ4v) is 2.53. The molecule has 1 aliphatic heterocycles. The van der Waals surface area contributed by atoms with Gasteiger partial charge in [0.1, 0.15) is 25.0 Å². The fraction of sp³-hybridized carbons (Fsp3) is 0.562. The molecule has 0 aromatic heterocycles. The van der Waals surface area contributed by atoms with Gasteiger partial charge in [0, 0.05) is 0 Å². The van der Waals surface area contributed by atoms with Gasteiger partial charge in [0.2, 0.25) is 0 Å². The topological polar surface area (TPSA) is 63.4 Å². The highest BCUT2D eigenvalue weighted by Crippen LogP contribution is 2.08. The van der Waals surface area contributed by atoms with E-state index >= 15 is 0 Å². The number of aliphatic hydroxyl groups is 1. The molecule has 1 aliphatic rings. The van der Waals surface area contributed by atoms with Gasteiger partial charge in [-0.1, -0.05) is 18.2 Å². The van der Waals surface area contributed by atoms with Crippen LogP contribution in [0.25, 0.3) is 0 Å². The zero-order valence-electron chi connectivity index (χ0n) is 13.0. The molecule has 1 heterocycles. The first-order chi connectivity index (χ1) is 10.7. The third-order valence-electron chi connectivity index (χ3n) is 3.71. The Labute approximate surface area is 131 Å². The van der Waals surface area contributed by atoms with E-state index in [1.54, 1.807) is 4.90 Å². The Morgan fingerprint density at radius 1 is 1.32 bits per heavy atom. The molecule has 1 atom stereocenters. The Bertz CT molecular complexity index is 447. The van der Waals surface area contributed by atoms with E-state index in [-0.39, 0.29) is 12.7 Å². The maximum Gasteiger partial charge on any atom is 0.410 e. The molecular formula is C16H25N2O4+. The summed E-state index contributed by atoms with van der Waals surface area (Å²) < 4.78 is 10.5. The van der Waals surface area contributed by atoms with E-state index in [2.05, 4.69) is 0 Å². The highest BCUT2D eigenvalue weighted by atomic mass is 16.6. The van der Waals surface area contributed by atoms with Gasteiger partial charge in [-0.05, 0) is 19.1 Å². The average Bonchev–Trinajstić information content (AvgIpc) is 2.55. The predicted octanol–water partition coefficient (Wildman–Crippen LogP) is -0.217. The van der Waals surface area contributed by atoms with Crippen molar-refractivity contribution in [3.05, 3.63) is 30.3 Å². The van der Waals surface area contributed by atoms with Crippen LogP contribution in [0.2, 0.25) is 0 Å². The Morgan fingerprint density at radius 3 is 2.64 bits per heavy atom. The summed E-state index contributed by atoms with van der Waals surface area (Å²) in [5, 5.41) is 10.1. The number of piperazine rings is 1. The van der Waals surface area contributed by atoms with E-state index in [9.17, 15) is 9.90 Å². The summed E-state index contributed by atoms with van der Waals surface area (Å²) in [6, 6.07) is 9.48. The molecule has 2 N–H and O–H groups in total. The van der Waals surface area contributed by atoms with Crippen LogP contribution >= 0.6 is 0 Å². The van der Waals surface area contributed by atoms with Gasteiger partial charge >= 0.3 is 6.09 Å². The number of benzene rings is 1. The first kappa shape index (κ1) is 16.6. The Hall–Kier alpha value is -1.79. The van der Waals surface area contributed by atoms with Crippen molar-refractivity contribution in [1.29, 1.82) is 0 Å². The molecule has 6 heteroatoms. The molecule has 1 aromatic rings. The largest absolute Gasteiger partial charge is 0.491 e. The normalized spacial score (nSPS) is 17.1. The number of ether oxygens (including phenoxy) is 2. The van der Waals surface area contributed by atoms with Crippen LogP contribution in [0.3, 0.4) is 0 Å². The molecule has 6 nitrogen and oxygen atoms in total. The summed E-state index contributed by atoms with van der Waals surface area (Å²) >= 11 is 0. The van der Waals surface area contributed by atoms with Crippen LogP contribution in [0.15, 0.2) is 30.3 Å². The van der Waals surface area contributed by atoms with Crippen LogP contribution in [0.4, 0.5) is 4.79 Å². The van der Waals surface area contributed by atoms with Crippen LogP contribution in [0, 0.1) is 0 Å². The minimum Gasteiger partial charge on any atom is -0.491 e. The van der Waals surface area contributed by atoms with Gasteiger partial charge in [0.25, 0.3) is 0 Å². The van der Waals surface area contributed by atoms with Gasteiger partial charge in [-0.25, -0.2) is 4.79 Å². The van der Waals surface area contributed by atoms with Crippen molar-refractivity contribution in [2.24, 2.45) is 0 Å². The lowest BCUT2D eigenvalue weighted by atomic mass is 10.2. The predicted molar refractivity (Wildman–Crippen MR) is 82.1 cm³/mol. The lowest BCUT2D eigenvalue weighted by molar-refractivity contribution is -0.907. The monoisotopic (exact) mass is 309 g/mol. The maximum atomic E-state index is 11.6. The number of amides is 1. The second-order valence-electron chi connectivity index (χ2n) is 5.42. The number of hydrogen-bond donors (Lipinski definition) is 2. The number of quaternary nitrogens is 1. The highest BCUT2D eigenvalue weighted by molar-refractivity contribution is 5.67. The zero-order valence-corrected chi connectivity index (χ0v) is 13.0. The van der Waals surface area contributed by atoms with Gasteiger partial charge < -0.3 is 19.5 Å². The van der Waals surface area contributed by atoms with Crippen molar-refractivity contribution in [1.82, 2.24) is 4.90 Å². The quantitative estimate of drug-likeness (QED) is 0.763. The minimum atomic E-state index is -0.510. The average molecular weight is 309 g/mol. The number of rotatable bonds is 6. The number of hydrogen-bond acceptors (Lipinski definition) is 4. The van der Waals surface area contributed by atoms with Crippen LogP contribution in [0.1, 0.15) is 6.92 Å². The summed E-state index contributed by atoms with van der Waals surface area (Å²) in [4.78, 5) is 14.6. The zero-order chi connectivity index (χ0) is 15.8. The molecule has 1 aromatic carbocycles. The van der Waals surface area contributed by atoms with Crippen LogP contribution in [-0.2, 0) is 4.74 Å². The Kier molecular flexibility index (Phi) is 6.48. The van der Waals surface area contributed by atoms with Crippen molar-refractivity contribution in [2.45, 2.75) is 13.0 Å². The van der Waals surface area contributed by atoms with E-state index in [0.29, 0.717) is 26.2 Å². The second kappa shape index (κ2) is 8.60. The molecule has 122 valence electrons. The SMILES string of the molecule is CCOC(=O)N1CC[NH+](C[C@H](O)COc2ccccc2)CC1. The van der Waals surface area contributed by atoms with Gasteiger partial charge in [-0.15, -0.1) is 0 Å². The number of carbonyl (C=O) groups is 1. The van der Waals surface area contributed by atoms with Crippen LogP contribution < -0.4 is 9.64 Å². The second-order valence-corrected chi connectivity index (χ2v) is 5.42. The molecule has 1 amide bonds. The Balaban J connectivity index is 1.66. The number of nitrogens with one attached hydrogen (secondary N) is 1. The van der Waals surface area contributed by atoms with Crippen molar-refractivity contribution in [3.63, 3.8) is 0 Å². The van der Waals surface area contributed by atoms with E-state index < -0.39 is 6.10 Å². The van der Waals surface area contributed by atoms with Crippen molar-refractivity contribution in [3.8, 4) is 5.75 Å². The summed E-state index contributed by atoms with van der Waals surface area (Å²) in [5.41, 5.74) is 0. The molecule has 0 radical (unpaired) electrons. The van der Waals surface area contributed by atoms with E-state index in [1.807, 2.05) is 37.3 Å². The van der Waals surface area contributed by atoms with Crippen molar-refractivity contribution < 1.29 is 24.3 Å². The summed E-state index contributed by atoms with van der Waals surface area (Å²) in [7, 11) is 0. The molecule has 0 saturated carbocycles. The molecule has 0 bridgehead atoms. The molecule has 0 spiro atoms. The number of aliphatic hydroxyl groups excluding tert-OH is 1. The van der Waals surface area contributed by atoms with E-state index in [1.165, 1.54) is 4.90 Å². The third kappa shape index (κ3) is 5.20. The lowest BCUT2D eigenvalue weighted by Gasteiger charge is -2.32. The van der Waals surface area contributed by atoms with E-state index in [0.717, 1.165) is 18.8 Å². The molecule has 1 saturated heterocycles. The molecule has 0 unspecified atom stereocenters. The van der Waals surface area contributed by atoms with Crippen molar-refractivity contribution >= 4 is 6.09 Å². The van der Waals surface area contributed by atoms with Gasteiger partial charge in [-0.3, -0.25) is 4.90 Å². The van der Waals surface area contributed by atoms with E-state index in [4.69, 9.17) is 9.47 Å². The molecule has 2 rings (SSSR count). The maximum absolute atomic E-state index is 11.6. The Morgan fingerprint density at radius 2 is 2.00 bits per heavy atom. The fourth-order valence-electron chi connectivity index (χ4n) is 2.53. The first-order valence-corrected chi connectivity index (χ1v) is 7.80.